The van der Waals surface area contributed by atoms with Crippen molar-refractivity contribution in [2.45, 2.75) is 11.4 Å². The molecule has 1 amide bonds. The summed E-state index contributed by atoms with van der Waals surface area (Å²) in [5, 5.41) is 2.76. The van der Waals surface area contributed by atoms with E-state index < -0.39 is 10.0 Å². The number of nitrogens with one attached hydrogen (secondary N) is 2. The number of ether oxygens (including phenoxy) is 2. The Labute approximate surface area is 152 Å². The Morgan fingerprint density at radius 1 is 1.27 bits per heavy atom. The molecule has 0 bridgehead atoms. The minimum atomic E-state index is -3.62. The van der Waals surface area contributed by atoms with E-state index in [0.717, 1.165) is 11.3 Å². The van der Waals surface area contributed by atoms with Crippen molar-refractivity contribution in [1.29, 1.82) is 0 Å². The van der Waals surface area contributed by atoms with E-state index in [4.69, 9.17) is 9.47 Å². The maximum Gasteiger partial charge on any atom is 0.268 e. The number of carbonyl (C=O) groups excluding carboxylic acids is 1. The van der Waals surface area contributed by atoms with Gasteiger partial charge in [0.1, 0.15) is 16.3 Å². The predicted molar refractivity (Wildman–Crippen MR) is 94.5 cm³/mol. The summed E-state index contributed by atoms with van der Waals surface area (Å²) in [6.45, 7) is 1.70. The van der Waals surface area contributed by atoms with E-state index in [0.29, 0.717) is 32.8 Å². The van der Waals surface area contributed by atoms with Crippen LogP contribution in [-0.2, 0) is 21.3 Å². The van der Waals surface area contributed by atoms with Crippen molar-refractivity contribution in [3.05, 3.63) is 47.8 Å². The molecule has 1 fully saturated rings. The van der Waals surface area contributed by atoms with Crippen molar-refractivity contribution < 1.29 is 22.7 Å². The van der Waals surface area contributed by atoms with Crippen LogP contribution in [0.15, 0.2) is 41.4 Å². The van der Waals surface area contributed by atoms with Crippen LogP contribution in [-0.4, -0.2) is 57.0 Å². The van der Waals surface area contributed by atoms with Crippen LogP contribution in [0.4, 0.5) is 0 Å². The van der Waals surface area contributed by atoms with Crippen molar-refractivity contribution in [1.82, 2.24) is 14.6 Å². The van der Waals surface area contributed by atoms with E-state index >= 15 is 0 Å². The van der Waals surface area contributed by atoms with Crippen LogP contribution >= 0.6 is 0 Å². The zero-order valence-electron chi connectivity index (χ0n) is 14.4. The summed E-state index contributed by atoms with van der Waals surface area (Å²) < 4.78 is 36.8. The number of amides is 1. The molecule has 0 aliphatic carbocycles. The van der Waals surface area contributed by atoms with E-state index in [1.54, 1.807) is 7.11 Å². The van der Waals surface area contributed by atoms with Gasteiger partial charge in [0.05, 0.1) is 20.3 Å². The molecule has 1 saturated heterocycles. The van der Waals surface area contributed by atoms with Crippen LogP contribution in [0.1, 0.15) is 16.1 Å². The highest BCUT2D eigenvalue weighted by Gasteiger charge is 2.27. The Morgan fingerprint density at radius 2 is 1.96 bits per heavy atom. The lowest BCUT2D eigenvalue weighted by molar-refractivity contribution is 0.0730. The molecule has 0 spiro atoms. The molecule has 2 heterocycles. The van der Waals surface area contributed by atoms with Crippen LogP contribution in [0.25, 0.3) is 0 Å². The van der Waals surface area contributed by atoms with E-state index in [1.807, 2.05) is 24.3 Å². The summed E-state index contributed by atoms with van der Waals surface area (Å²) in [6, 6.07) is 8.67. The van der Waals surface area contributed by atoms with Gasteiger partial charge in [-0.2, -0.15) is 4.31 Å². The van der Waals surface area contributed by atoms with Gasteiger partial charge in [-0.05, 0) is 23.8 Å². The molecular formula is C17H21N3O5S. The monoisotopic (exact) mass is 379 g/mol. The molecule has 1 aromatic heterocycles. The first-order valence-corrected chi connectivity index (χ1v) is 9.62. The Balaban J connectivity index is 1.63. The van der Waals surface area contributed by atoms with Crippen LogP contribution in [0.3, 0.4) is 0 Å². The molecule has 2 N–H and O–H groups in total. The number of H-pyrrole nitrogens is 1. The second-order valence-corrected chi connectivity index (χ2v) is 7.73. The normalized spacial score (nSPS) is 15.6. The molecule has 9 heteroatoms. The molecular weight excluding hydrogens is 358 g/mol. The third-order valence-corrected chi connectivity index (χ3v) is 6.00. The van der Waals surface area contributed by atoms with Gasteiger partial charge in [0, 0.05) is 25.8 Å². The lowest BCUT2D eigenvalue weighted by atomic mass is 10.2. The Morgan fingerprint density at radius 3 is 2.62 bits per heavy atom. The predicted octanol–water partition coefficient (Wildman–Crippen LogP) is 0.974. The van der Waals surface area contributed by atoms with Crippen molar-refractivity contribution in [2.24, 2.45) is 0 Å². The Bertz CT molecular complexity index is 855. The minimum Gasteiger partial charge on any atom is -0.497 e. The zero-order chi connectivity index (χ0) is 18.6. The number of carbonyl (C=O) groups is 1. The van der Waals surface area contributed by atoms with Crippen molar-refractivity contribution in [2.75, 3.05) is 33.4 Å². The highest BCUT2D eigenvalue weighted by atomic mass is 32.2. The number of morpholine rings is 1. The Kier molecular flexibility index (Phi) is 5.60. The fourth-order valence-electron chi connectivity index (χ4n) is 2.61. The summed E-state index contributed by atoms with van der Waals surface area (Å²) in [6.07, 6.45) is 1.34. The molecule has 8 nitrogen and oxygen atoms in total. The van der Waals surface area contributed by atoms with Gasteiger partial charge in [-0.1, -0.05) is 12.1 Å². The maximum absolute atomic E-state index is 12.6. The number of benzene rings is 1. The molecule has 0 unspecified atom stereocenters. The van der Waals surface area contributed by atoms with Crippen LogP contribution < -0.4 is 10.1 Å². The van der Waals surface area contributed by atoms with E-state index in [1.165, 1.54) is 16.6 Å². The van der Waals surface area contributed by atoms with Crippen LogP contribution in [0.2, 0.25) is 0 Å². The Hall–Kier alpha value is -2.36. The first kappa shape index (κ1) is 18.4. The lowest BCUT2D eigenvalue weighted by Gasteiger charge is -2.25. The number of rotatable bonds is 6. The number of hydrogen-bond acceptors (Lipinski definition) is 5. The van der Waals surface area contributed by atoms with Crippen molar-refractivity contribution in [3.63, 3.8) is 0 Å². The SMILES string of the molecule is COc1ccc(CNC(=O)c2cc(S(=O)(=O)N3CCOCC3)c[nH]2)cc1. The van der Waals surface area contributed by atoms with Crippen LogP contribution in [0.5, 0.6) is 5.75 Å². The molecule has 0 radical (unpaired) electrons. The van der Waals surface area contributed by atoms with Gasteiger partial charge in [-0.3, -0.25) is 4.79 Å². The number of aromatic amines is 1. The average Bonchev–Trinajstić information content (AvgIpc) is 3.18. The fourth-order valence-corrected chi connectivity index (χ4v) is 4.01. The molecule has 3 rings (SSSR count). The maximum atomic E-state index is 12.6. The summed E-state index contributed by atoms with van der Waals surface area (Å²) in [5.41, 5.74) is 1.11. The number of aromatic nitrogens is 1. The third-order valence-electron chi connectivity index (χ3n) is 4.12. The number of methoxy groups -OCH3 is 1. The number of hydrogen-bond donors (Lipinski definition) is 2. The molecule has 0 atom stereocenters. The minimum absolute atomic E-state index is 0.0778. The second kappa shape index (κ2) is 7.90. The molecule has 2 aromatic rings. The summed E-state index contributed by atoms with van der Waals surface area (Å²) in [5.74, 6) is 0.367. The van der Waals surface area contributed by atoms with Gasteiger partial charge in [-0.15, -0.1) is 0 Å². The largest absolute Gasteiger partial charge is 0.497 e. The van der Waals surface area contributed by atoms with Gasteiger partial charge in [0.25, 0.3) is 5.91 Å². The van der Waals surface area contributed by atoms with Gasteiger partial charge in [0.15, 0.2) is 0 Å². The topological polar surface area (TPSA) is 101 Å². The summed E-state index contributed by atoms with van der Waals surface area (Å²) in [4.78, 5) is 15.1. The highest BCUT2D eigenvalue weighted by Crippen LogP contribution is 2.18. The van der Waals surface area contributed by atoms with Gasteiger partial charge < -0.3 is 19.8 Å². The third kappa shape index (κ3) is 4.06. The van der Waals surface area contributed by atoms with E-state index in [2.05, 4.69) is 10.3 Å². The molecule has 26 heavy (non-hydrogen) atoms. The standard InChI is InChI=1S/C17H21N3O5S/c1-24-14-4-2-13(3-5-14)11-19-17(21)16-10-15(12-18-16)26(22,23)20-6-8-25-9-7-20/h2-5,10,12,18H,6-9,11H2,1H3,(H,19,21). The van der Waals surface area contributed by atoms with Crippen molar-refractivity contribution in [3.8, 4) is 5.75 Å². The molecule has 1 aliphatic heterocycles. The molecule has 0 saturated carbocycles. The summed E-state index contributed by atoms with van der Waals surface area (Å²) in [7, 11) is -2.03. The first-order valence-electron chi connectivity index (χ1n) is 8.18. The van der Waals surface area contributed by atoms with E-state index in [9.17, 15) is 13.2 Å². The smallest absolute Gasteiger partial charge is 0.268 e. The molecule has 1 aliphatic rings. The number of nitrogens with zero attached hydrogens (tertiary/aromatic N) is 1. The highest BCUT2D eigenvalue weighted by molar-refractivity contribution is 7.89. The van der Waals surface area contributed by atoms with Crippen molar-refractivity contribution >= 4 is 15.9 Å². The second-order valence-electron chi connectivity index (χ2n) is 5.80. The van der Waals surface area contributed by atoms with E-state index in [-0.39, 0.29) is 16.5 Å². The zero-order valence-corrected chi connectivity index (χ0v) is 15.2. The average molecular weight is 379 g/mol. The molecule has 1 aromatic carbocycles. The van der Waals surface area contributed by atoms with Gasteiger partial charge in [0.2, 0.25) is 10.0 Å². The summed E-state index contributed by atoms with van der Waals surface area (Å²) >= 11 is 0. The fraction of sp³-hybridized carbons (Fsp3) is 0.353. The number of sulfonamides is 1. The quantitative estimate of drug-likeness (QED) is 0.779. The van der Waals surface area contributed by atoms with Gasteiger partial charge >= 0.3 is 0 Å². The molecule has 140 valence electrons. The van der Waals surface area contributed by atoms with Gasteiger partial charge in [-0.25, -0.2) is 8.42 Å². The van der Waals surface area contributed by atoms with Crippen LogP contribution in [0, 0.1) is 0 Å². The lowest BCUT2D eigenvalue weighted by Crippen LogP contribution is -2.40. The first-order chi connectivity index (χ1) is 12.5.